The zero-order chi connectivity index (χ0) is 25.2. The molecule has 0 spiro atoms. The first-order valence-electron chi connectivity index (χ1n) is 12.7. The number of thioether (sulfide) groups is 1. The maximum Gasteiger partial charge on any atom is 0.234 e. The van der Waals surface area contributed by atoms with Crippen molar-refractivity contribution in [1.82, 2.24) is 20.5 Å². The number of piperidine rings is 1. The minimum atomic E-state index is -0.376. The molecule has 3 aromatic carbocycles. The van der Waals surface area contributed by atoms with Gasteiger partial charge in [0.25, 0.3) is 0 Å². The fraction of sp³-hybridized carbons (Fsp3) is 0.267. The van der Waals surface area contributed by atoms with Crippen LogP contribution in [-0.2, 0) is 4.79 Å². The first-order valence-corrected chi connectivity index (χ1v) is 14.0. The SMILES string of the molecule is O=C1NC2CCC(Cl)CC2C(c2ccccc2)C1Sc1nnc(-c2ccccc2)c(-c2ccccc2)n1. The Morgan fingerprint density at radius 2 is 1.41 bits per heavy atom. The third-order valence-corrected chi connectivity index (χ3v) is 8.93. The van der Waals surface area contributed by atoms with Crippen LogP contribution in [0, 0.1) is 5.92 Å². The number of rotatable bonds is 5. The van der Waals surface area contributed by atoms with Gasteiger partial charge < -0.3 is 5.32 Å². The Bertz CT molecular complexity index is 1370. The summed E-state index contributed by atoms with van der Waals surface area (Å²) >= 11 is 8.05. The van der Waals surface area contributed by atoms with Gasteiger partial charge in [-0.05, 0) is 30.7 Å². The minimum Gasteiger partial charge on any atom is -0.352 e. The molecule has 1 saturated carbocycles. The first kappa shape index (κ1) is 24.1. The lowest BCUT2D eigenvalue weighted by Crippen LogP contribution is -2.57. The number of hydrogen-bond acceptors (Lipinski definition) is 5. The van der Waals surface area contributed by atoms with Gasteiger partial charge in [-0.3, -0.25) is 4.79 Å². The molecule has 5 nitrogen and oxygen atoms in total. The van der Waals surface area contributed by atoms with E-state index in [0.29, 0.717) is 5.16 Å². The average Bonchev–Trinajstić information content (AvgIpc) is 2.95. The summed E-state index contributed by atoms with van der Waals surface area (Å²) in [5.41, 5.74) is 4.55. The van der Waals surface area contributed by atoms with E-state index in [1.54, 1.807) is 0 Å². The summed E-state index contributed by atoms with van der Waals surface area (Å²) in [5.74, 6) is 0.313. The van der Waals surface area contributed by atoms with Crippen molar-refractivity contribution in [2.45, 2.75) is 47.0 Å². The summed E-state index contributed by atoms with van der Waals surface area (Å²) in [6.07, 6.45) is 2.72. The molecule has 37 heavy (non-hydrogen) atoms. The van der Waals surface area contributed by atoms with Crippen molar-refractivity contribution in [3.05, 3.63) is 96.6 Å². The second-order valence-electron chi connectivity index (χ2n) is 9.69. The Balaban J connectivity index is 1.40. The summed E-state index contributed by atoms with van der Waals surface area (Å²) < 4.78 is 0. The van der Waals surface area contributed by atoms with Crippen LogP contribution in [-0.4, -0.2) is 37.8 Å². The van der Waals surface area contributed by atoms with Crippen LogP contribution in [0.3, 0.4) is 0 Å². The van der Waals surface area contributed by atoms with E-state index >= 15 is 0 Å². The van der Waals surface area contributed by atoms with Crippen LogP contribution in [0.1, 0.15) is 30.7 Å². The number of carbonyl (C=O) groups excluding carboxylic acids is 1. The maximum absolute atomic E-state index is 13.5. The number of hydrogen-bond donors (Lipinski definition) is 1. The summed E-state index contributed by atoms with van der Waals surface area (Å²) in [7, 11) is 0. The molecule has 5 unspecified atom stereocenters. The van der Waals surface area contributed by atoms with Crippen LogP contribution < -0.4 is 5.32 Å². The standard InChI is InChI=1S/C30H27ClN4OS/c31-22-16-17-24-23(18-22)25(19-10-4-1-5-11-19)28(29(36)32-24)37-30-33-26(20-12-6-2-7-13-20)27(34-35-30)21-14-8-3-9-15-21/h1-15,22-25,28H,16-18H2,(H,32,36). The quantitative estimate of drug-likeness (QED) is 0.307. The zero-order valence-corrected chi connectivity index (χ0v) is 21.8. The molecule has 6 rings (SSSR count). The summed E-state index contributed by atoms with van der Waals surface area (Å²) in [4.78, 5) is 18.5. The normalized spacial score (nSPS) is 25.2. The molecule has 2 fully saturated rings. The predicted octanol–water partition coefficient (Wildman–Crippen LogP) is 6.36. The lowest BCUT2D eigenvalue weighted by Gasteiger charge is -2.46. The number of amides is 1. The van der Waals surface area contributed by atoms with Gasteiger partial charge >= 0.3 is 0 Å². The molecule has 1 amide bonds. The zero-order valence-electron chi connectivity index (χ0n) is 20.2. The molecule has 7 heteroatoms. The van der Waals surface area contributed by atoms with Crippen LogP contribution in [0.5, 0.6) is 0 Å². The van der Waals surface area contributed by atoms with Crippen molar-refractivity contribution in [3.63, 3.8) is 0 Å². The highest BCUT2D eigenvalue weighted by Crippen LogP contribution is 2.47. The van der Waals surface area contributed by atoms with Crippen LogP contribution in [0.2, 0.25) is 0 Å². The molecule has 2 aliphatic rings. The number of nitrogens with zero attached hydrogens (tertiary/aromatic N) is 3. The predicted molar refractivity (Wildman–Crippen MR) is 148 cm³/mol. The highest BCUT2D eigenvalue weighted by Gasteiger charge is 2.47. The largest absolute Gasteiger partial charge is 0.352 e. The van der Waals surface area contributed by atoms with Crippen molar-refractivity contribution in [2.24, 2.45) is 5.92 Å². The number of halogens is 1. The van der Waals surface area contributed by atoms with Crippen LogP contribution in [0.15, 0.2) is 96.2 Å². The minimum absolute atomic E-state index is 0.0177. The van der Waals surface area contributed by atoms with E-state index in [1.165, 1.54) is 11.8 Å². The topological polar surface area (TPSA) is 67.8 Å². The Labute approximate surface area is 226 Å². The van der Waals surface area contributed by atoms with Gasteiger partial charge in [0.15, 0.2) is 0 Å². The Morgan fingerprint density at radius 1 is 0.784 bits per heavy atom. The van der Waals surface area contributed by atoms with Crippen molar-refractivity contribution >= 4 is 29.3 Å². The fourth-order valence-electron chi connectivity index (χ4n) is 5.67. The van der Waals surface area contributed by atoms with Crippen molar-refractivity contribution in [3.8, 4) is 22.5 Å². The number of carbonyl (C=O) groups is 1. The highest BCUT2D eigenvalue weighted by atomic mass is 35.5. The summed E-state index contributed by atoms with van der Waals surface area (Å²) in [6, 6.07) is 30.5. The highest BCUT2D eigenvalue weighted by molar-refractivity contribution is 8.00. The molecule has 0 radical (unpaired) electrons. The number of fused-ring (bicyclic) bond motifs is 1. The van der Waals surface area contributed by atoms with Gasteiger partial charge in [0, 0.05) is 28.5 Å². The number of aromatic nitrogens is 3. The monoisotopic (exact) mass is 526 g/mol. The van der Waals surface area contributed by atoms with Gasteiger partial charge in [-0.25, -0.2) is 4.98 Å². The van der Waals surface area contributed by atoms with Gasteiger partial charge in [0.2, 0.25) is 11.1 Å². The maximum atomic E-state index is 13.5. The molecule has 1 aliphatic carbocycles. The lowest BCUT2D eigenvalue weighted by molar-refractivity contribution is -0.125. The lowest BCUT2D eigenvalue weighted by atomic mass is 9.69. The molecule has 2 heterocycles. The Hall–Kier alpha value is -3.22. The molecular formula is C30H27ClN4OS. The van der Waals surface area contributed by atoms with E-state index in [0.717, 1.165) is 47.3 Å². The van der Waals surface area contributed by atoms with Crippen LogP contribution >= 0.6 is 23.4 Å². The third kappa shape index (κ3) is 5.00. The van der Waals surface area contributed by atoms with Crippen molar-refractivity contribution in [1.29, 1.82) is 0 Å². The van der Waals surface area contributed by atoms with Gasteiger partial charge in [0.05, 0.1) is 5.25 Å². The van der Waals surface area contributed by atoms with Gasteiger partial charge in [-0.15, -0.1) is 21.8 Å². The van der Waals surface area contributed by atoms with Gasteiger partial charge in [-0.1, -0.05) is 103 Å². The third-order valence-electron chi connectivity index (χ3n) is 7.39. The second-order valence-corrected chi connectivity index (χ2v) is 11.4. The van der Waals surface area contributed by atoms with Gasteiger partial charge in [0.1, 0.15) is 11.4 Å². The number of nitrogens with one attached hydrogen (secondary N) is 1. The molecule has 5 atom stereocenters. The first-order chi connectivity index (χ1) is 18.2. The number of alkyl halides is 1. The molecule has 1 aromatic heterocycles. The Kier molecular flexibility index (Phi) is 6.94. The smallest absolute Gasteiger partial charge is 0.234 e. The van der Waals surface area contributed by atoms with E-state index in [1.807, 2.05) is 78.9 Å². The van der Waals surface area contributed by atoms with Crippen LogP contribution in [0.4, 0.5) is 0 Å². The molecule has 1 aliphatic heterocycles. The van der Waals surface area contributed by atoms with E-state index < -0.39 is 0 Å². The van der Waals surface area contributed by atoms with E-state index in [2.05, 4.69) is 27.6 Å². The molecule has 1 N–H and O–H groups in total. The van der Waals surface area contributed by atoms with E-state index in [-0.39, 0.29) is 34.4 Å². The molecule has 1 saturated heterocycles. The van der Waals surface area contributed by atoms with Crippen LogP contribution in [0.25, 0.3) is 22.5 Å². The summed E-state index contributed by atoms with van der Waals surface area (Å²) in [5, 5.41) is 12.7. The second kappa shape index (κ2) is 10.6. The molecule has 186 valence electrons. The Morgan fingerprint density at radius 3 is 2.08 bits per heavy atom. The molecular weight excluding hydrogens is 500 g/mol. The summed E-state index contributed by atoms with van der Waals surface area (Å²) in [6.45, 7) is 0. The van der Waals surface area contributed by atoms with E-state index in [9.17, 15) is 4.79 Å². The van der Waals surface area contributed by atoms with Crippen molar-refractivity contribution < 1.29 is 4.79 Å². The van der Waals surface area contributed by atoms with E-state index in [4.69, 9.17) is 16.6 Å². The van der Waals surface area contributed by atoms with Crippen molar-refractivity contribution in [2.75, 3.05) is 0 Å². The molecule has 0 bridgehead atoms. The number of benzene rings is 3. The molecule has 4 aromatic rings. The fourth-order valence-corrected chi connectivity index (χ4v) is 7.14. The average molecular weight is 527 g/mol. The van der Waals surface area contributed by atoms with Gasteiger partial charge in [-0.2, -0.15) is 0 Å².